The first-order valence-corrected chi connectivity index (χ1v) is 10.4. The smallest absolute Gasteiger partial charge is 0.329 e. The molecule has 3 aromatic carbocycles. The Morgan fingerprint density at radius 3 is 2.33 bits per heavy atom. The standard InChI is InChI=1S/C26H23FN2O4/c1-17-3-5-18(6-4-17)15-29-25(30)22(28-26(29)31)13-20-9-12-23(24(14-20)32-2)33-16-19-7-10-21(27)11-8-19/h3-14H,15-16H2,1-2H3,(H,28,31)/b22-13+. The number of ether oxygens (including phenoxy) is 2. The van der Waals surface area contributed by atoms with Gasteiger partial charge in [-0.05, 0) is 54.0 Å². The Balaban J connectivity index is 1.47. The number of aryl methyl sites for hydroxylation is 1. The van der Waals surface area contributed by atoms with Crippen LogP contribution in [0.2, 0.25) is 0 Å². The molecule has 1 fully saturated rings. The average molecular weight is 446 g/mol. The third kappa shape index (κ3) is 5.20. The van der Waals surface area contributed by atoms with Crippen LogP contribution in [0.4, 0.5) is 9.18 Å². The van der Waals surface area contributed by atoms with Gasteiger partial charge >= 0.3 is 6.03 Å². The van der Waals surface area contributed by atoms with E-state index in [9.17, 15) is 14.0 Å². The molecule has 0 unspecified atom stereocenters. The lowest BCUT2D eigenvalue weighted by Crippen LogP contribution is -2.30. The highest BCUT2D eigenvalue weighted by Gasteiger charge is 2.33. The lowest BCUT2D eigenvalue weighted by Gasteiger charge is -2.12. The number of amides is 3. The minimum Gasteiger partial charge on any atom is -0.493 e. The third-order valence-corrected chi connectivity index (χ3v) is 5.23. The van der Waals surface area contributed by atoms with E-state index < -0.39 is 11.9 Å². The first-order valence-electron chi connectivity index (χ1n) is 10.4. The zero-order valence-corrected chi connectivity index (χ0v) is 18.3. The fraction of sp³-hybridized carbons (Fsp3) is 0.154. The van der Waals surface area contributed by atoms with Crippen molar-refractivity contribution in [2.75, 3.05) is 7.11 Å². The molecule has 3 aromatic rings. The predicted molar refractivity (Wildman–Crippen MR) is 122 cm³/mol. The molecule has 0 spiro atoms. The van der Waals surface area contributed by atoms with Crippen LogP contribution in [0.3, 0.4) is 0 Å². The van der Waals surface area contributed by atoms with Gasteiger partial charge in [0.25, 0.3) is 5.91 Å². The van der Waals surface area contributed by atoms with Gasteiger partial charge in [0.15, 0.2) is 11.5 Å². The maximum atomic E-state index is 13.1. The molecule has 0 aromatic heterocycles. The number of benzene rings is 3. The zero-order chi connectivity index (χ0) is 23.4. The van der Waals surface area contributed by atoms with Gasteiger partial charge in [0.1, 0.15) is 18.1 Å². The van der Waals surface area contributed by atoms with E-state index in [4.69, 9.17) is 9.47 Å². The number of hydrogen-bond acceptors (Lipinski definition) is 4. The molecule has 0 bridgehead atoms. The summed E-state index contributed by atoms with van der Waals surface area (Å²) in [6.07, 6.45) is 1.60. The van der Waals surface area contributed by atoms with Crippen molar-refractivity contribution >= 4 is 18.0 Å². The second-order valence-electron chi connectivity index (χ2n) is 7.69. The number of nitrogens with zero attached hydrogens (tertiary/aromatic N) is 1. The van der Waals surface area contributed by atoms with Crippen LogP contribution < -0.4 is 14.8 Å². The highest BCUT2D eigenvalue weighted by Crippen LogP contribution is 2.30. The lowest BCUT2D eigenvalue weighted by atomic mass is 10.1. The number of nitrogens with one attached hydrogen (secondary N) is 1. The molecule has 1 aliphatic heterocycles. The van der Waals surface area contributed by atoms with Crippen LogP contribution in [-0.4, -0.2) is 23.9 Å². The molecular formula is C26H23FN2O4. The maximum Gasteiger partial charge on any atom is 0.329 e. The molecule has 168 valence electrons. The van der Waals surface area contributed by atoms with Crippen LogP contribution in [-0.2, 0) is 17.9 Å². The highest BCUT2D eigenvalue weighted by atomic mass is 19.1. The van der Waals surface area contributed by atoms with E-state index in [0.717, 1.165) is 16.7 Å². The summed E-state index contributed by atoms with van der Waals surface area (Å²) in [6, 6.07) is 18.5. The van der Waals surface area contributed by atoms with E-state index >= 15 is 0 Å². The second-order valence-corrected chi connectivity index (χ2v) is 7.69. The fourth-order valence-corrected chi connectivity index (χ4v) is 3.39. The first kappa shape index (κ1) is 22.1. The number of hydrogen-bond donors (Lipinski definition) is 1. The number of halogens is 1. The molecule has 3 amide bonds. The highest BCUT2D eigenvalue weighted by molar-refractivity contribution is 6.13. The topological polar surface area (TPSA) is 67.9 Å². The number of imide groups is 1. The van der Waals surface area contributed by atoms with Crippen molar-refractivity contribution in [3.63, 3.8) is 0 Å². The quantitative estimate of drug-likeness (QED) is 0.418. The Labute approximate surface area is 191 Å². The normalized spacial score (nSPS) is 14.5. The molecule has 4 rings (SSSR count). The van der Waals surface area contributed by atoms with Gasteiger partial charge in [-0.1, -0.05) is 48.0 Å². The Morgan fingerprint density at radius 2 is 1.64 bits per heavy atom. The fourth-order valence-electron chi connectivity index (χ4n) is 3.39. The van der Waals surface area contributed by atoms with Crippen LogP contribution in [0.1, 0.15) is 22.3 Å². The van der Waals surface area contributed by atoms with Crippen molar-refractivity contribution < 1.29 is 23.5 Å². The van der Waals surface area contributed by atoms with E-state index in [0.29, 0.717) is 17.1 Å². The summed E-state index contributed by atoms with van der Waals surface area (Å²) in [5.74, 6) is 0.280. The average Bonchev–Trinajstić information content (AvgIpc) is 3.07. The summed E-state index contributed by atoms with van der Waals surface area (Å²) in [7, 11) is 1.52. The number of rotatable bonds is 7. The lowest BCUT2D eigenvalue weighted by molar-refractivity contribution is -0.123. The van der Waals surface area contributed by atoms with Crippen LogP contribution >= 0.6 is 0 Å². The molecular weight excluding hydrogens is 423 g/mol. The van der Waals surface area contributed by atoms with Crippen LogP contribution in [0, 0.1) is 12.7 Å². The molecule has 6 nitrogen and oxygen atoms in total. The molecule has 0 saturated carbocycles. The minimum atomic E-state index is -0.460. The predicted octanol–water partition coefficient (Wildman–Crippen LogP) is 4.81. The Bertz CT molecular complexity index is 1200. The zero-order valence-electron chi connectivity index (χ0n) is 18.3. The Morgan fingerprint density at radius 1 is 0.939 bits per heavy atom. The van der Waals surface area contributed by atoms with E-state index in [-0.39, 0.29) is 24.7 Å². The molecule has 1 N–H and O–H groups in total. The number of urea groups is 1. The van der Waals surface area contributed by atoms with E-state index in [2.05, 4.69) is 5.32 Å². The number of methoxy groups -OCH3 is 1. The molecule has 1 aliphatic rings. The summed E-state index contributed by atoms with van der Waals surface area (Å²) in [5, 5.41) is 2.63. The molecule has 7 heteroatoms. The maximum absolute atomic E-state index is 13.1. The van der Waals surface area contributed by atoms with Crippen LogP contribution in [0.15, 0.2) is 72.4 Å². The van der Waals surface area contributed by atoms with E-state index in [1.807, 2.05) is 31.2 Å². The minimum absolute atomic E-state index is 0.189. The van der Waals surface area contributed by atoms with Crippen molar-refractivity contribution in [2.24, 2.45) is 0 Å². The van der Waals surface area contributed by atoms with Gasteiger partial charge in [0.05, 0.1) is 13.7 Å². The molecule has 1 heterocycles. The summed E-state index contributed by atoms with van der Waals surface area (Å²) >= 11 is 0. The summed E-state index contributed by atoms with van der Waals surface area (Å²) < 4.78 is 24.3. The van der Waals surface area contributed by atoms with Crippen molar-refractivity contribution in [1.29, 1.82) is 0 Å². The molecule has 0 atom stereocenters. The first-order chi connectivity index (χ1) is 15.9. The van der Waals surface area contributed by atoms with Crippen molar-refractivity contribution in [3.8, 4) is 11.5 Å². The van der Waals surface area contributed by atoms with Gasteiger partial charge in [0, 0.05) is 0 Å². The van der Waals surface area contributed by atoms with Crippen molar-refractivity contribution in [1.82, 2.24) is 10.2 Å². The molecule has 1 saturated heterocycles. The SMILES string of the molecule is COc1cc(/C=C2/NC(=O)N(Cc3ccc(C)cc3)C2=O)ccc1OCc1ccc(F)cc1. The van der Waals surface area contributed by atoms with Crippen molar-refractivity contribution in [3.05, 3.63) is 100 Å². The molecule has 0 aliphatic carbocycles. The third-order valence-electron chi connectivity index (χ3n) is 5.23. The van der Waals surface area contributed by atoms with Gasteiger partial charge in [-0.3, -0.25) is 9.69 Å². The van der Waals surface area contributed by atoms with Crippen LogP contribution in [0.25, 0.3) is 6.08 Å². The van der Waals surface area contributed by atoms with Gasteiger partial charge in [0.2, 0.25) is 0 Å². The monoisotopic (exact) mass is 446 g/mol. The van der Waals surface area contributed by atoms with Gasteiger partial charge in [-0.25, -0.2) is 9.18 Å². The summed E-state index contributed by atoms with van der Waals surface area (Å²) in [4.78, 5) is 26.3. The summed E-state index contributed by atoms with van der Waals surface area (Å²) in [6.45, 7) is 2.42. The molecule has 33 heavy (non-hydrogen) atoms. The Kier molecular flexibility index (Phi) is 6.40. The number of carbonyl (C=O) groups excluding carboxylic acids is 2. The molecule has 0 radical (unpaired) electrons. The second kappa shape index (κ2) is 9.56. The van der Waals surface area contributed by atoms with Gasteiger partial charge < -0.3 is 14.8 Å². The Hall–Kier alpha value is -4.13. The van der Waals surface area contributed by atoms with Crippen LogP contribution in [0.5, 0.6) is 11.5 Å². The summed E-state index contributed by atoms with van der Waals surface area (Å²) in [5.41, 5.74) is 3.65. The number of carbonyl (C=O) groups is 2. The van der Waals surface area contributed by atoms with E-state index in [1.54, 1.807) is 36.4 Å². The van der Waals surface area contributed by atoms with Gasteiger partial charge in [-0.15, -0.1) is 0 Å². The van der Waals surface area contributed by atoms with E-state index in [1.165, 1.54) is 24.1 Å². The largest absolute Gasteiger partial charge is 0.493 e. The van der Waals surface area contributed by atoms with Gasteiger partial charge in [-0.2, -0.15) is 0 Å². The van der Waals surface area contributed by atoms with Crippen molar-refractivity contribution in [2.45, 2.75) is 20.1 Å².